The summed E-state index contributed by atoms with van der Waals surface area (Å²) < 4.78 is 6.01. The van der Waals surface area contributed by atoms with Crippen molar-refractivity contribution >= 4 is 11.8 Å². The Morgan fingerprint density at radius 1 is 1.31 bits per heavy atom. The van der Waals surface area contributed by atoms with Crippen molar-refractivity contribution in [2.24, 2.45) is 5.73 Å². The first-order chi connectivity index (χ1) is 7.85. The third kappa shape index (κ3) is 2.92. The molecule has 0 aliphatic carbocycles. The molecule has 0 saturated carbocycles. The third-order valence-corrected chi connectivity index (χ3v) is 4.81. The maximum absolute atomic E-state index is 5.87. The molecule has 1 aromatic carbocycles. The van der Waals surface area contributed by atoms with Crippen LogP contribution in [-0.4, -0.2) is 23.7 Å². The number of thioether (sulfide) groups is 1. The fraction of sp³-hybridized carbons (Fsp3) is 0.538. The number of hydrogen-bond acceptors (Lipinski definition) is 3. The molecule has 1 fully saturated rings. The van der Waals surface area contributed by atoms with Crippen molar-refractivity contribution in [2.45, 2.75) is 24.0 Å². The minimum absolute atomic E-state index is 0.286. The van der Waals surface area contributed by atoms with Crippen LogP contribution in [0.25, 0.3) is 0 Å². The molecule has 1 aromatic rings. The van der Waals surface area contributed by atoms with Crippen molar-refractivity contribution < 1.29 is 4.74 Å². The van der Waals surface area contributed by atoms with Crippen molar-refractivity contribution in [2.75, 3.05) is 18.9 Å². The molecule has 0 bridgehead atoms. The molecule has 88 valence electrons. The Kier molecular flexibility index (Phi) is 4.13. The van der Waals surface area contributed by atoms with Crippen LogP contribution in [0, 0.1) is 0 Å². The maximum Gasteiger partial charge on any atom is 0.119 e. The van der Waals surface area contributed by atoms with Crippen LogP contribution in [0.5, 0.6) is 5.75 Å². The van der Waals surface area contributed by atoms with Gasteiger partial charge in [-0.05, 0) is 37.1 Å². The van der Waals surface area contributed by atoms with Crippen molar-refractivity contribution in [3.63, 3.8) is 0 Å². The molecule has 2 nitrogen and oxygen atoms in total. The zero-order valence-electron chi connectivity index (χ0n) is 9.52. The zero-order valence-corrected chi connectivity index (χ0v) is 10.3. The van der Waals surface area contributed by atoms with Gasteiger partial charge in [-0.15, -0.1) is 0 Å². The first-order valence-electron chi connectivity index (χ1n) is 5.87. The number of para-hydroxylation sites is 1. The maximum atomic E-state index is 5.87. The summed E-state index contributed by atoms with van der Waals surface area (Å²) in [6.07, 6.45) is 3.60. The molecule has 0 aromatic heterocycles. The Bertz CT molecular complexity index is 309. The van der Waals surface area contributed by atoms with E-state index in [9.17, 15) is 0 Å². The van der Waals surface area contributed by atoms with E-state index in [1.54, 1.807) is 0 Å². The van der Waals surface area contributed by atoms with Gasteiger partial charge in [-0.3, -0.25) is 0 Å². The molecule has 1 heterocycles. The Hall–Kier alpha value is -0.670. The molecular weight excluding hydrogens is 218 g/mol. The normalized spacial score (nSPS) is 24.6. The molecule has 0 amide bonds. The van der Waals surface area contributed by atoms with Gasteiger partial charge in [-0.2, -0.15) is 11.8 Å². The van der Waals surface area contributed by atoms with Gasteiger partial charge < -0.3 is 10.5 Å². The highest BCUT2D eigenvalue weighted by atomic mass is 32.2. The van der Waals surface area contributed by atoms with Gasteiger partial charge in [-0.25, -0.2) is 0 Å². The van der Waals surface area contributed by atoms with Gasteiger partial charge in [0, 0.05) is 11.3 Å². The summed E-state index contributed by atoms with van der Waals surface area (Å²) in [7, 11) is 0. The van der Waals surface area contributed by atoms with Gasteiger partial charge in [0.2, 0.25) is 0 Å². The van der Waals surface area contributed by atoms with E-state index in [1.807, 2.05) is 42.1 Å². The molecule has 1 aliphatic heterocycles. The molecule has 3 heteroatoms. The second-order valence-corrected chi connectivity index (χ2v) is 5.81. The van der Waals surface area contributed by atoms with Gasteiger partial charge in [0.1, 0.15) is 5.75 Å². The fourth-order valence-corrected chi connectivity index (χ4v) is 3.44. The van der Waals surface area contributed by atoms with E-state index in [0.29, 0.717) is 0 Å². The molecule has 1 unspecified atom stereocenters. The SMILES string of the molecule is NCC1(CCOc2ccccc2)CCCS1. The van der Waals surface area contributed by atoms with Crippen molar-refractivity contribution in [3.8, 4) is 5.75 Å². The highest BCUT2D eigenvalue weighted by Crippen LogP contribution is 2.39. The van der Waals surface area contributed by atoms with Crippen molar-refractivity contribution in [1.29, 1.82) is 0 Å². The van der Waals surface area contributed by atoms with E-state index in [1.165, 1.54) is 18.6 Å². The lowest BCUT2D eigenvalue weighted by Crippen LogP contribution is -2.33. The van der Waals surface area contributed by atoms with E-state index >= 15 is 0 Å². The zero-order chi connectivity index (χ0) is 11.3. The molecule has 2 rings (SSSR count). The number of benzene rings is 1. The molecule has 16 heavy (non-hydrogen) atoms. The van der Waals surface area contributed by atoms with Crippen molar-refractivity contribution in [3.05, 3.63) is 30.3 Å². The predicted molar refractivity (Wildman–Crippen MR) is 70.0 cm³/mol. The van der Waals surface area contributed by atoms with E-state index in [0.717, 1.165) is 25.3 Å². The third-order valence-electron chi connectivity index (χ3n) is 3.13. The molecule has 0 spiro atoms. The summed E-state index contributed by atoms with van der Waals surface area (Å²) in [4.78, 5) is 0. The summed E-state index contributed by atoms with van der Waals surface area (Å²) in [5.74, 6) is 2.21. The fourth-order valence-electron chi connectivity index (χ4n) is 2.09. The smallest absolute Gasteiger partial charge is 0.119 e. The van der Waals surface area contributed by atoms with E-state index in [-0.39, 0.29) is 4.75 Å². The molecule has 1 atom stereocenters. The number of ether oxygens (including phenoxy) is 1. The topological polar surface area (TPSA) is 35.2 Å². The monoisotopic (exact) mass is 237 g/mol. The Morgan fingerprint density at radius 2 is 2.12 bits per heavy atom. The molecule has 1 aliphatic rings. The highest BCUT2D eigenvalue weighted by molar-refractivity contribution is 8.00. The lowest BCUT2D eigenvalue weighted by Gasteiger charge is -2.26. The van der Waals surface area contributed by atoms with Crippen LogP contribution in [0.15, 0.2) is 30.3 Å². The van der Waals surface area contributed by atoms with E-state index < -0.39 is 0 Å². The van der Waals surface area contributed by atoms with Crippen LogP contribution in [-0.2, 0) is 0 Å². The Balaban J connectivity index is 1.79. The summed E-state index contributed by atoms with van der Waals surface area (Å²) in [6.45, 7) is 1.55. The van der Waals surface area contributed by atoms with Crippen LogP contribution >= 0.6 is 11.8 Å². The van der Waals surface area contributed by atoms with Crippen LogP contribution < -0.4 is 10.5 Å². The number of hydrogen-bond donors (Lipinski definition) is 1. The van der Waals surface area contributed by atoms with Crippen LogP contribution in [0.2, 0.25) is 0 Å². The lowest BCUT2D eigenvalue weighted by atomic mass is 10.00. The summed E-state index contributed by atoms with van der Waals surface area (Å²) in [5.41, 5.74) is 5.87. The van der Waals surface area contributed by atoms with E-state index in [2.05, 4.69) is 0 Å². The number of nitrogens with two attached hydrogens (primary N) is 1. The summed E-state index contributed by atoms with van der Waals surface area (Å²) >= 11 is 2.02. The first kappa shape index (κ1) is 11.8. The second-order valence-electron chi connectivity index (χ2n) is 4.25. The quantitative estimate of drug-likeness (QED) is 0.855. The van der Waals surface area contributed by atoms with Crippen LogP contribution in [0.4, 0.5) is 0 Å². The van der Waals surface area contributed by atoms with Gasteiger partial charge in [0.25, 0.3) is 0 Å². The Morgan fingerprint density at radius 3 is 2.75 bits per heavy atom. The highest BCUT2D eigenvalue weighted by Gasteiger charge is 2.32. The summed E-state index contributed by atoms with van der Waals surface area (Å²) in [6, 6.07) is 9.99. The van der Waals surface area contributed by atoms with Gasteiger partial charge >= 0.3 is 0 Å². The molecule has 0 radical (unpaired) electrons. The Labute approximate surface area is 102 Å². The number of rotatable bonds is 5. The molecule has 1 saturated heterocycles. The minimum atomic E-state index is 0.286. The van der Waals surface area contributed by atoms with Crippen molar-refractivity contribution in [1.82, 2.24) is 0 Å². The average Bonchev–Trinajstić information content (AvgIpc) is 2.80. The van der Waals surface area contributed by atoms with Gasteiger partial charge in [0.05, 0.1) is 6.61 Å². The average molecular weight is 237 g/mol. The van der Waals surface area contributed by atoms with Gasteiger partial charge in [0.15, 0.2) is 0 Å². The largest absolute Gasteiger partial charge is 0.494 e. The lowest BCUT2D eigenvalue weighted by molar-refractivity contribution is 0.288. The first-order valence-corrected chi connectivity index (χ1v) is 6.85. The minimum Gasteiger partial charge on any atom is -0.494 e. The second kappa shape index (κ2) is 5.60. The van der Waals surface area contributed by atoms with E-state index in [4.69, 9.17) is 10.5 Å². The van der Waals surface area contributed by atoms with Gasteiger partial charge in [-0.1, -0.05) is 18.2 Å². The van der Waals surface area contributed by atoms with Crippen LogP contribution in [0.1, 0.15) is 19.3 Å². The standard InChI is InChI=1S/C13H19NOS/c14-11-13(7-4-10-16-13)8-9-15-12-5-2-1-3-6-12/h1-3,5-6H,4,7-11,14H2. The molecule has 2 N–H and O–H groups in total. The predicted octanol–water partition coefficient (Wildman–Crippen LogP) is 2.68. The summed E-state index contributed by atoms with van der Waals surface area (Å²) in [5, 5.41) is 0. The molecular formula is C13H19NOS. The van der Waals surface area contributed by atoms with Crippen LogP contribution in [0.3, 0.4) is 0 Å².